The molecule has 1 aromatic heterocycles. The molecule has 0 aliphatic carbocycles. The van der Waals surface area contributed by atoms with Crippen LogP contribution in [0, 0.1) is 0 Å². The minimum absolute atomic E-state index is 0.0857. The molecule has 11 heteroatoms. The van der Waals surface area contributed by atoms with Gasteiger partial charge in [0.25, 0.3) is 11.7 Å². The highest BCUT2D eigenvalue weighted by molar-refractivity contribution is 6.52. The number of ether oxygens (including phenoxy) is 2. The van der Waals surface area contributed by atoms with E-state index in [9.17, 15) is 24.0 Å². The molecule has 0 spiro atoms. The fraction of sp³-hybridized carbons (Fsp3) is 0.531. The number of benzene rings is 1. The van der Waals surface area contributed by atoms with Crippen LogP contribution in [0.4, 0.5) is 17.5 Å². The molecule has 234 valence electrons. The molecule has 0 bridgehead atoms. The number of ketones is 1. The maximum atomic E-state index is 14.1. The van der Waals surface area contributed by atoms with Gasteiger partial charge < -0.3 is 19.2 Å². The third-order valence-electron chi connectivity index (χ3n) is 5.88. The van der Waals surface area contributed by atoms with E-state index in [2.05, 4.69) is 5.32 Å². The molecule has 0 atom stereocenters. The number of fused-ring (bicyclic) bond motifs is 1. The summed E-state index contributed by atoms with van der Waals surface area (Å²) in [5, 5.41) is 3.12. The molecular weight excluding hydrogens is 554 g/mol. The van der Waals surface area contributed by atoms with Crippen molar-refractivity contribution in [3.8, 4) is 0 Å². The van der Waals surface area contributed by atoms with Gasteiger partial charge in [-0.15, -0.1) is 0 Å². The molecule has 43 heavy (non-hydrogen) atoms. The third kappa shape index (κ3) is 7.63. The molecule has 1 N–H and O–H groups in total. The van der Waals surface area contributed by atoms with Crippen molar-refractivity contribution in [2.24, 2.45) is 0 Å². The number of nitrogens with one attached hydrogen (secondary N) is 1. The molecule has 0 saturated heterocycles. The van der Waals surface area contributed by atoms with Crippen LogP contribution in [-0.2, 0) is 19.1 Å². The first-order chi connectivity index (χ1) is 19.4. The van der Waals surface area contributed by atoms with Crippen LogP contribution in [0.3, 0.4) is 0 Å². The predicted molar refractivity (Wildman–Crippen MR) is 163 cm³/mol. The van der Waals surface area contributed by atoms with Gasteiger partial charge in [0.2, 0.25) is 17.7 Å². The van der Waals surface area contributed by atoms with Crippen molar-refractivity contribution in [1.29, 1.82) is 0 Å². The van der Waals surface area contributed by atoms with Gasteiger partial charge in [0, 0.05) is 11.1 Å². The Hall–Kier alpha value is -4.15. The molecular formula is C32H43N3O8. The number of carbonyl (C=O) groups excluding carboxylic acids is 5. The van der Waals surface area contributed by atoms with Crippen molar-refractivity contribution in [3.05, 3.63) is 41.0 Å². The zero-order valence-electron chi connectivity index (χ0n) is 27.2. The Bertz CT molecular complexity index is 1460. The lowest BCUT2D eigenvalue weighted by Gasteiger charge is -2.35. The van der Waals surface area contributed by atoms with E-state index in [-0.39, 0.29) is 28.5 Å². The normalized spacial score (nSPS) is 14.0. The average Bonchev–Trinajstić information content (AvgIpc) is 3.26. The number of amides is 2. The highest BCUT2D eigenvalue weighted by Crippen LogP contribution is 2.41. The maximum Gasteiger partial charge on any atom is 0.345 e. The molecule has 2 aromatic rings. The number of anilines is 3. The summed E-state index contributed by atoms with van der Waals surface area (Å²) < 4.78 is 17.6. The largest absolute Gasteiger partial charge is 0.456 e. The van der Waals surface area contributed by atoms with Gasteiger partial charge in [-0.3, -0.25) is 24.2 Å². The number of nitrogens with zero attached hydrogens (tertiary/aromatic N) is 2. The quantitative estimate of drug-likeness (QED) is 0.325. The minimum Gasteiger partial charge on any atom is -0.456 e. The van der Waals surface area contributed by atoms with E-state index in [1.807, 2.05) is 20.8 Å². The smallest absolute Gasteiger partial charge is 0.345 e. The van der Waals surface area contributed by atoms with Crippen molar-refractivity contribution < 1.29 is 37.9 Å². The van der Waals surface area contributed by atoms with Gasteiger partial charge >= 0.3 is 11.9 Å². The second kappa shape index (κ2) is 11.2. The summed E-state index contributed by atoms with van der Waals surface area (Å²) >= 11 is 0. The molecule has 2 heterocycles. The molecule has 1 aliphatic heterocycles. The van der Waals surface area contributed by atoms with Gasteiger partial charge in [-0.1, -0.05) is 12.1 Å². The molecule has 1 aromatic carbocycles. The van der Waals surface area contributed by atoms with Crippen molar-refractivity contribution in [2.75, 3.05) is 21.7 Å². The van der Waals surface area contributed by atoms with Gasteiger partial charge in [-0.05, 0) is 95.2 Å². The van der Waals surface area contributed by atoms with Crippen molar-refractivity contribution in [2.45, 2.75) is 105 Å². The van der Waals surface area contributed by atoms with E-state index in [0.29, 0.717) is 5.69 Å². The number of Topliss-reactive ketones (excluding diaryl/α,β-unsaturated/α-hetero) is 1. The van der Waals surface area contributed by atoms with Crippen LogP contribution in [0.15, 0.2) is 28.7 Å². The minimum atomic E-state index is -1.04. The molecule has 0 radical (unpaired) electrons. The Morgan fingerprint density at radius 3 is 1.81 bits per heavy atom. The highest BCUT2D eigenvalue weighted by atomic mass is 16.6. The van der Waals surface area contributed by atoms with E-state index in [0.717, 1.165) is 4.90 Å². The number of rotatable bonds is 6. The first kappa shape index (κ1) is 33.4. The fourth-order valence-corrected chi connectivity index (χ4v) is 4.45. The molecule has 0 fully saturated rings. The SMILES string of the molecule is CC(C)(C)Nc1oc(N(C(=O)CN2C(=O)C(=O)c3ccccc32)C(C)(C)C)c(C(=O)OC(C)(C)C)c1C(=O)OC(C)(C)C. The Labute approximate surface area is 252 Å². The van der Waals surface area contributed by atoms with Crippen LogP contribution in [0.1, 0.15) is 114 Å². The molecule has 0 unspecified atom stereocenters. The number of esters is 2. The Balaban J connectivity index is 2.27. The zero-order valence-corrected chi connectivity index (χ0v) is 27.2. The summed E-state index contributed by atoms with van der Waals surface area (Å²) in [5.74, 6) is -4.34. The lowest BCUT2D eigenvalue weighted by Crippen LogP contribution is -2.51. The van der Waals surface area contributed by atoms with Gasteiger partial charge in [0.1, 0.15) is 28.9 Å². The third-order valence-corrected chi connectivity index (χ3v) is 5.88. The zero-order chi connectivity index (χ0) is 32.9. The van der Waals surface area contributed by atoms with Crippen molar-refractivity contribution >= 4 is 47.0 Å². The fourth-order valence-electron chi connectivity index (χ4n) is 4.45. The monoisotopic (exact) mass is 597 g/mol. The molecule has 2 amide bonds. The van der Waals surface area contributed by atoms with Gasteiger partial charge in [0.15, 0.2) is 0 Å². The summed E-state index contributed by atoms with van der Waals surface area (Å²) in [6, 6.07) is 6.40. The topological polar surface area (TPSA) is 135 Å². The van der Waals surface area contributed by atoms with Gasteiger partial charge in [-0.2, -0.15) is 0 Å². The second-order valence-corrected chi connectivity index (χ2v) is 14.5. The van der Waals surface area contributed by atoms with Gasteiger partial charge in [-0.25, -0.2) is 9.59 Å². The summed E-state index contributed by atoms with van der Waals surface area (Å²) in [4.78, 5) is 69.5. The first-order valence-electron chi connectivity index (χ1n) is 14.1. The van der Waals surface area contributed by atoms with E-state index >= 15 is 0 Å². The summed E-state index contributed by atoms with van der Waals surface area (Å²) in [6.45, 7) is 20.2. The van der Waals surface area contributed by atoms with E-state index in [1.165, 1.54) is 11.0 Å². The van der Waals surface area contributed by atoms with Crippen LogP contribution in [0.25, 0.3) is 0 Å². The lowest BCUT2D eigenvalue weighted by molar-refractivity contribution is -0.121. The van der Waals surface area contributed by atoms with Crippen LogP contribution in [-0.4, -0.2) is 58.4 Å². The second-order valence-electron chi connectivity index (χ2n) is 14.5. The van der Waals surface area contributed by atoms with E-state index < -0.39 is 58.4 Å². The van der Waals surface area contributed by atoms with Crippen LogP contribution >= 0.6 is 0 Å². The Morgan fingerprint density at radius 1 is 0.814 bits per heavy atom. The summed E-state index contributed by atoms with van der Waals surface area (Å²) in [6.07, 6.45) is 0. The number of para-hydroxylation sites is 1. The first-order valence-corrected chi connectivity index (χ1v) is 14.1. The summed E-state index contributed by atoms with van der Waals surface area (Å²) in [5.41, 5.74) is -3.60. The van der Waals surface area contributed by atoms with E-state index in [1.54, 1.807) is 80.5 Å². The maximum absolute atomic E-state index is 14.1. The standard InChI is InChI=1S/C32H43N3O8/c1-29(2,3)33-24-21(27(39)42-31(7,8)9)22(28(40)43-32(10,11)12)26(41-24)35(30(4,5)6)20(36)17-34-19-16-14-13-15-18(19)23(37)25(34)38/h13-16,33H,17H2,1-12H3. The molecule has 0 saturated carbocycles. The predicted octanol–water partition coefficient (Wildman–Crippen LogP) is 5.76. The Morgan fingerprint density at radius 2 is 1.33 bits per heavy atom. The average molecular weight is 598 g/mol. The Kier molecular flexibility index (Phi) is 8.66. The van der Waals surface area contributed by atoms with Crippen LogP contribution in [0.2, 0.25) is 0 Å². The number of carbonyl (C=O) groups is 5. The van der Waals surface area contributed by atoms with Crippen LogP contribution < -0.4 is 15.1 Å². The van der Waals surface area contributed by atoms with Crippen molar-refractivity contribution in [3.63, 3.8) is 0 Å². The molecule has 11 nitrogen and oxygen atoms in total. The number of furan rings is 1. The molecule has 1 aliphatic rings. The van der Waals surface area contributed by atoms with Crippen LogP contribution in [0.5, 0.6) is 0 Å². The lowest BCUT2D eigenvalue weighted by atomic mass is 10.0. The molecule has 3 rings (SSSR count). The number of hydrogen-bond acceptors (Lipinski definition) is 9. The summed E-state index contributed by atoms with van der Waals surface area (Å²) in [7, 11) is 0. The highest BCUT2D eigenvalue weighted by Gasteiger charge is 2.44. The number of hydrogen-bond donors (Lipinski definition) is 1. The van der Waals surface area contributed by atoms with Gasteiger partial charge in [0.05, 0.1) is 11.3 Å². The van der Waals surface area contributed by atoms with E-state index in [4.69, 9.17) is 13.9 Å². The van der Waals surface area contributed by atoms with Crippen molar-refractivity contribution in [1.82, 2.24) is 0 Å².